The van der Waals surface area contributed by atoms with Crippen LogP contribution in [-0.4, -0.2) is 33.1 Å². The summed E-state index contributed by atoms with van der Waals surface area (Å²) >= 11 is 0. The Morgan fingerprint density at radius 2 is 1.66 bits per heavy atom. The van der Waals surface area contributed by atoms with Gasteiger partial charge >= 0.3 is 0 Å². The van der Waals surface area contributed by atoms with E-state index >= 15 is 0 Å². The van der Waals surface area contributed by atoms with Gasteiger partial charge in [0.15, 0.2) is 0 Å². The molecule has 0 unspecified atom stereocenters. The van der Waals surface area contributed by atoms with Gasteiger partial charge in [0.1, 0.15) is 18.0 Å². The van der Waals surface area contributed by atoms with Crippen molar-refractivity contribution < 1.29 is 22.7 Å². The highest BCUT2D eigenvalue weighted by atomic mass is 32.2. The predicted octanol–water partition coefficient (Wildman–Crippen LogP) is 4.13. The van der Waals surface area contributed by atoms with Gasteiger partial charge in [-0.15, -0.1) is 0 Å². The number of carbonyl (C=O) groups excluding carboxylic acids is 1. The fourth-order valence-electron chi connectivity index (χ4n) is 3.53. The van der Waals surface area contributed by atoms with Gasteiger partial charge in [-0.25, -0.2) is 8.42 Å². The number of rotatable bonds is 7. The van der Waals surface area contributed by atoms with Crippen LogP contribution >= 0.6 is 0 Å². The van der Waals surface area contributed by atoms with Crippen LogP contribution in [0.3, 0.4) is 0 Å². The molecule has 4 rings (SSSR count). The molecule has 4 aromatic rings. The van der Waals surface area contributed by atoms with E-state index < -0.39 is 9.84 Å². The first-order chi connectivity index (χ1) is 15.4. The van der Waals surface area contributed by atoms with Gasteiger partial charge in [0.25, 0.3) is 0 Å². The van der Waals surface area contributed by atoms with Gasteiger partial charge in [-0.2, -0.15) is 0 Å². The first kappa shape index (κ1) is 21.5. The van der Waals surface area contributed by atoms with Crippen molar-refractivity contribution in [3.05, 3.63) is 79.0 Å². The topological polar surface area (TPSA) is 86.6 Å². The molecule has 0 radical (unpaired) electrons. The molecule has 0 saturated carbocycles. The van der Waals surface area contributed by atoms with Crippen LogP contribution in [0.15, 0.2) is 88.8 Å². The summed E-state index contributed by atoms with van der Waals surface area (Å²) in [6, 6.07) is 20.4. The number of anilines is 1. The van der Waals surface area contributed by atoms with Crippen LogP contribution in [0.4, 0.5) is 5.69 Å². The van der Waals surface area contributed by atoms with Gasteiger partial charge in [0, 0.05) is 23.2 Å². The Hall–Kier alpha value is -3.78. The number of aromatic nitrogens is 1. The number of fused-ring (bicyclic) bond motifs is 1. The molecule has 0 aliphatic heterocycles. The second kappa shape index (κ2) is 8.76. The summed E-state index contributed by atoms with van der Waals surface area (Å²) in [5.74, 6) is 0.743. The predicted molar refractivity (Wildman–Crippen MR) is 122 cm³/mol. The fourth-order valence-corrected chi connectivity index (χ4v) is 5.03. The summed E-state index contributed by atoms with van der Waals surface area (Å²) in [6.07, 6.45) is 1.51. The zero-order valence-corrected chi connectivity index (χ0v) is 18.4. The molecular weight excluding hydrogens is 428 g/mol. The lowest BCUT2D eigenvalue weighted by Gasteiger charge is -2.12. The highest BCUT2D eigenvalue weighted by Gasteiger charge is 2.23. The summed E-state index contributed by atoms with van der Waals surface area (Å²) in [4.78, 5) is 13.2. The highest BCUT2D eigenvalue weighted by molar-refractivity contribution is 7.91. The zero-order valence-electron chi connectivity index (χ0n) is 17.6. The maximum Gasteiger partial charge on any atom is 0.244 e. The second-order valence-corrected chi connectivity index (χ2v) is 8.99. The van der Waals surface area contributed by atoms with Crippen molar-refractivity contribution in [2.75, 3.05) is 19.5 Å². The van der Waals surface area contributed by atoms with Gasteiger partial charge < -0.3 is 19.4 Å². The van der Waals surface area contributed by atoms with Gasteiger partial charge in [-0.05, 0) is 30.3 Å². The van der Waals surface area contributed by atoms with Gasteiger partial charge in [-0.1, -0.05) is 36.4 Å². The Kier molecular flexibility index (Phi) is 5.87. The molecular formula is C24H22N2O5S. The van der Waals surface area contributed by atoms with E-state index in [0.29, 0.717) is 28.1 Å². The Balaban J connectivity index is 1.67. The number of amides is 1. The quantitative estimate of drug-likeness (QED) is 0.458. The minimum atomic E-state index is -3.74. The van der Waals surface area contributed by atoms with E-state index in [-0.39, 0.29) is 22.2 Å². The van der Waals surface area contributed by atoms with Crippen molar-refractivity contribution >= 4 is 32.3 Å². The van der Waals surface area contributed by atoms with E-state index in [9.17, 15) is 13.2 Å². The molecule has 1 heterocycles. The third kappa shape index (κ3) is 4.04. The van der Waals surface area contributed by atoms with Gasteiger partial charge in [0.05, 0.1) is 29.7 Å². The molecule has 0 bridgehead atoms. The number of methoxy groups -OCH3 is 2. The Morgan fingerprint density at radius 3 is 2.38 bits per heavy atom. The molecule has 1 aromatic heterocycles. The van der Waals surface area contributed by atoms with E-state index in [1.54, 1.807) is 78.4 Å². The zero-order chi connectivity index (χ0) is 22.7. The van der Waals surface area contributed by atoms with E-state index in [2.05, 4.69) is 5.32 Å². The molecule has 0 aliphatic carbocycles. The third-order valence-electron chi connectivity index (χ3n) is 5.09. The second-order valence-electron chi connectivity index (χ2n) is 7.07. The number of benzene rings is 3. The van der Waals surface area contributed by atoms with Crippen LogP contribution in [0.5, 0.6) is 11.5 Å². The van der Waals surface area contributed by atoms with Crippen molar-refractivity contribution in [2.45, 2.75) is 16.3 Å². The molecule has 1 amide bonds. The SMILES string of the molecule is COc1ccc(NC(=O)Cn2cc(S(=O)(=O)c3ccccc3)c3ccccc32)c(OC)c1. The highest BCUT2D eigenvalue weighted by Crippen LogP contribution is 2.31. The monoisotopic (exact) mass is 450 g/mol. The number of carbonyl (C=O) groups is 1. The molecule has 1 N–H and O–H groups in total. The summed E-state index contributed by atoms with van der Waals surface area (Å²) in [7, 11) is -0.693. The minimum absolute atomic E-state index is 0.0694. The van der Waals surface area contributed by atoms with E-state index in [4.69, 9.17) is 9.47 Å². The molecule has 32 heavy (non-hydrogen) atoms. The smallest absolute Gasteiger partial charge is 0.244 e. The molecule has 0 atom stereocenters. The summed E-state index contributed by atoms with van der Waals surface area (Å²) in [6.45, 7) is -0.0694. The van der Waals surface area contributed by atoms with Gasteiger partial charge in [-0.3, -0.25) is 4.79 Å². The number of sulfone groups is 1. The summed E-state index contributed by atoms with van der Waals surface area (Å²) in [5.41, 5.74) is 1.14. The number of nitrogens with zero attached hydrogens (tertiary/aromatic N) is 1. The lowest BCUT2D eigenvalue weighted by Crippen LogP contribution is -2.18. The van der Waals surface area contributed by atoms with Crippen LogP contribution < -0.4 is 14.8 Å². The average molecular weight is 451 g/mol. The first-order valence-corrected chi connectivity index (χ1v) is 11.3. The number of nitrogens with one attached hydrogen (secondary N) is 1. The Morgan fingerprint density at radius 1 is 0.938 bits per heavy atom. The third-order valence-corrected chi connectivity index (χ3v) is 6.89. The first-order valence-electron chi connectivity index (χ1n) is 9.84. The van der Waals surface area contributed by atoms with E-state index in [1.807, 2.05) is 6.07 Å². The van der Waals surface area contributed by atoms with E-state index in [1.165, 1.54) is 13.3 Å². The summed E-state index contributed by atoms with van der Waals surface area (Å²) in [5, 5.41) is 3.38. The van der Waals surface area contributed by atoms with Crippen molar-refractivity contribution in [3.8, 4) is 11.5 Å². The number of para-hydroxylation sites is 1. The maximum absolute atomic E-state index is 13.2. The Labute approximate surface area is 186 Å². The van der Waals surface area contributed by atoms with Crippen LogP contribution in [0.1, 0.15) is 0 Å². The fraction of sp³-hybridized carbons (Fsp3) is 0.125. The average Bonchev–Trinajstić information content (AvgIpc) is 3.19. The molecule has 0 saturated heterocycles. The molecule has 0 aliphatic rings. The lowest BCUT2D eigenvalue weighted by atomic mass is 10.2. The summed E-state index contributed by atoms with van der Waals surface area (Å²) < 4.78 is 38.6. The standard InChI is InChI=1S/C24H22N2O5S/c1-30-17-12-13-20(22(14-17)31-2)25-24(27)16-26-15-23(19-10-6-7-11-21(19)26)32(28,29)18-8-4-3-5-9-18/h3-15H,16H2,1-2H3,(H,25,27). The number of hydrogen-bond donors (Lipinski definition) is 1. The lowest BCUT2D eigenvalue weighted by molar-refractivity contribution is -0.116. The van der Waals surface area contributed by atoms with Crippen molar-refractivity contribution in [2.24, 2.45) is 0 Å². The van der Waals surface area contributed by atoms with Crippen molar-refractivity contribution in [3.63, 3.8) is 0 Å². The van der Waals surface area contributed by atoms with Crippen LogP contribution in [-0.2, 0) is 21.2 Å². The molecule has 7 nitrogen and oxygen atoms in total. The molecule has 8 heteroatoms. The van der Waals surface area contributed by atoms with Crippen molar-refractivity contribution in [1.29, 1.82) is 0 Å². The van der Waals surface area contributed by atoms with Crippen LogP contribution in [0.25, 0.3) is 10.9 Å². The molecule has 164 valence electrons. The minimum Gasteiger partial charge on any atom is -0.497 e. The normalized spacial score (nSPS) is 11.3. The van der Waals surface area contributed by atoms with E-state index in [0.717, 1.165) is 0 Å². The largest absolute Gasteiger partial charge is 0.497 e. The Bertz CT molecular complexity index is 1380. The van der Waals surface area contributed by atoms with Crippen molar-refractivity contribution in [1.82, 2.24) is 4.57 Å². The molecule has 0 fully saturated rings. The van der Waals surface area contributed by atoms with Gasteiger partial charge in [0.2, 0.25) is 15.7 Å². The van der Waals surface area contributed by atoms with Crippen LogP contribution in [0.2, 0.25) is 0 Å². The molecule has 3 aromatic carbocycles. The number of ether oxygens (including phenoxy) is 2. The van der Waals surface area contributed by atoms with Crippen LogP contribution in [0, 0.1) is 0 Å². The molecule has 0 spiro atoms. The number of hydrogen-bond acceptors (Lipinski definition) is 5. The maximum atomic E-state index is 13.2.